The fraction of sp³-hybridized carbons (Fsp3) is 0.350. The fourth-order valence-electron chi connectivity index (χ4n) is 3.44. The normalized spacial score (nSPS) is 19.2. The van der Waals surface area contributed by atoms with E-state index in [9.17, 15) is 13.2 Å². The molecule has 2 atom stereocenters. The number of nitrogens with zero attached hydrogens (tertiary/aromatic N) is 2. The van der Waals surface area contributed by atoms with Crippen molar-refractivity contribution in [2.24, 2.45) is 5.14 Å². The number of urea groups is 1. The number of carbonyl (C=O) groups is 1. The molecule has 7 nitrogen and oxygen atoms in total. The molecule has 0 saturated carbocycles. The Morgan fingerprint density at radius 2 is 1.86 bits per heavy atom. The fourth-order valence-corrected chi connectivity index (χ4v) is 4.00. The maximum atomic E-state index is 13.0. The van der Waals surface area contributed by atoms with E-state index in [0.717, 1.165) is 18.7 Å². The van der Waals surface area contributed by atoms with E-state index in [0.29, 0.717) is 12.1 Å². The molecule has 0 spiro atoms. The first kappa shape index (κ1) is 20.3. The predicted octanol–water partition coefficient (Wildman–Crippen LogP) is 2.09. The number of benzene rings is 2. The second-order valence-electron chi connectivity index (χ2n) is 7.17. The molecule has 3 rings (SSSR count). The second kappa shape index (κ2) is 8.30. The Bertz CT molecular complexity index is 933. The topological polar surface area (TPSA) is 95.7 Å². The lowest BCUT2D eigenvalue weighted by molar-refractivity contribution is 0.107. The molecule has 2 amide bonds. The Balaban J connectivity index is 1.77. The van der Waals surface area contributed by atoms with Crippen LogP contribution in [-0.4, -0.2) is 50.9 Å². The lowest BCUT2D eigenvalue weighted by Gasteiger charge is -2.40. The molecule has 0 bridgehead atoms. The number of piperazine rings is 1. The van der Waals surface area contributed by atoms with Gasteiger partial charge in [-0.2, -0.15) is 0 Å². The number of amides is 2. The monoisotopic (exact) mass is 402 g/mol. The van der Waals surface area contributed by atoms with E-state index in [2.05, 4.69) is 10.2 Å². The minimum Gasteiger partial charge on any atom is -0.331 e. The van der Waals surface area contributed by atoms with Crippen molar-refractivity contribution in [2.75, 3.05) is 26.7 Å². The molecule has 3 N–H and O–H groups in total. The molecule has 1 saturated heterocycles. The summed E-state index contributed by atoms with van der Waals surface area (Å²) >= 11 is 0. The maximum absolute atomic E-state index is 13.0. The van der Waals surface area contributed by atoms with Gasteiger partial charge in [-0.15, -0.1) is 0 Å². The first-order chi connectivity index (χ1) is 13.3. The van der Waals surface area contributed by atoms with Crippen molar-refractivity contribution in [3.8, 4) is 0 Å². The minimum atomic E-state index is -3.79. The second-order valence-corrected chi connectivity index (χ2v) is 8.73. The highest BCUT2D eigenvalue weighted by Gasteiger charge is 2.30. The van der Waals surface area contributed by atoms with E-state index < -0.39 is 10.0 Å². The largest absolute Gasteiger partial charge is 0.331 e. The van der Waals surface area contributed by atoms with Crippen LogP contribution in [0.5, 0.6) is 0 Å². The van der Waals surface area contributed by atoms with Gasteiger partial charge in [0.05, 0.1) is 17.0 Å². The Kier molecular flexibility index (Phi) is 6.02. The van der Waals surface area contributed by atoms with Crippen molar-refractivity contribution < 1.29 is 13.2 Å². The van der Waals surface area contributed by atoms with Crippen molar-refractivity contribution in [1.82, 2.24) is 15.1 Å². The van der Waals surface area contributed by atoms with E-state index in [1.807, 2.05) is 49.2 Å². The van der Waals surface area contributed by atoms with Crippen LogP contribution < -0.4 is 10.5 Å². The van der Waals surface area contributed by atoms with E-state index in [1.165, 1.54) is 12.1 Å². The quantitative estimate of drug-likeness (QED) is 0.819. The number of hydrogen-bond donors (Lipinski definition) is 2. The minimum absolute atomic E-state index is 0.0351. The van der Waals surface area contributed by atoms with Crippen LogP contribution in [0.3, 0.4) is 0 Å². The summed E-state index contributed by atoms with van der Waals surface area (Å²) in [5, 5.41) is 8.20. The molecule has 2 unspecified atom stereocenters. The van der Waals surface area contributed by atoms with Gasteiger partial charge in [0, 0.05) is 19.6 Å². The Labute approximate surface area is 166 Å². The van der Waals surface area contributed by atoms with Gasteiger partial charge < -0.3 is 15.1 Å². The summed E-state index contributed by atoms with van der Waals surface area (Å²) in [7, 11) is -1.74. The highest BCUT2D eigenvalue weighted by Crippen LogP contribution is 2.26. The third-order valence-corrected chi connectivity index (χ3v) is 5.97. The molecule has 8 heteroatoms. The number of hydrogen-bond acceptors (Lipinski definition) is 4. The zero-order valence-corrected chi connectivity index (χ0v) is 16.9. The Morgan fingerprint density at radius 1 is 1.14 bits per heavy atom. The summed E-state index contributed by atoms with van der Waals surface area (Å²) in [5.74, 6) is 0. The number of sulfonamides is 1. The van der Waals surface area contributed by atoms with E-state index in [-0.39, 0.29) is 23.0 Å². The summed E-state index contributed by atoms with van der Waals surface area (Å²) in [4.78, 5) is 17.1. The molecule has 2 aromatic carbocycles. The number of primary sulfonamides is 1. The van der Waals surface area contributed by atoms with Gasteiger partial charge in [0.15, 0.2) is 0 Å². The molecule has 1 fully saturated rings. The molecule has 1 heterocycles. The highest BCUT2D eigenvalue weighted by molar-refractivity contribution is 7.89. The first-order valence-corrected chi connectivity index (χ1v) is 10.7. The van der Waals surface area contributed by atoms with Gasteiger partial charge in [0.2, 0.25) is 10.0 Å². The number of likely N-dealkylation sites (N-methyl/N-ethyl adjacent to an activating group) is 1. The summed E-state index contributed by atoms with van der Waals surface area (Å²) in [6, 6.07) is 15.7. The third kappa shape index (κ3) is 4.70. The number of nitrogens with two attached hydrogens (primary N) is 1. The molecule has 1 aliphatic heterocycles. The van der Waals surface area contributed by atoms with Gasteiger partial charge in [-0.05, 0) is 37.2 Å². The number of rotatable bonds is 4. The average molecular weight is 403 g/mol. The first-order valence-electron chi connectivity index (χ1n) is 9.19. The van der Waals surface area contributed by atoms with Gasteiger partial charge in [-0.25, -0.2) is 18.4 Å². The smallest absolute Gasteiger partial charge is 0.318 e. The molecule has 0 aromatic heterocycles. The van der Waals surface area contributed by atoms with Crippen molar-refractivity contribution in [3.63, 3.8) is 0 Å². The third-order valence-electron chi connectivity index (χ3n) is 5.06. The number of carbonyl (C=O) groups excluding carboxylic acids is 1. The van der Waals surface area contributed by atoms with Crippen LogP contribution in [0.1, 0.15) is 30.1 Å². The molecular weight excluding hydrogens is 376 g/mol. The standard InChI is InChI=1S/C20H26N4O3S/c1-15(17-9-6-10-18(13-17)28(21,26)27)22-20(25)24-12-11-23(2)14-19(24)16-7-4-3-5-8-16/h3-10,13,15,19H,11-12,14H2,1-2H3,(H,22,25)(H2,21,26,27). The van der Waals surface area contributed by atoms with Gasteiger partial charge >= 0.3 is 6.03 Å². The predicted molar refractivity (Wildman–Crippen MR) is 108 cm³/mol. The molecule has 28 heavy (non-hydrogen) atoms. The van der Waals surface area contributed by atoms with Crippen LogP contribution in [0.15, 0.2) is 59.5 Å². The van der Waals surface area contributed by atoms with Crippen LogP contribution in [-0.2, 0) is 10.0 Å². The average Bonchev–Trinajstić information content (AvgIpc) is 2.68. The molecule has 1 aliphatic rings. The highest BCUT2D eigenvalue weighted by atomic mass is 32.2. The zero-order chi connectivity index (χ0) is 20.3. The number of nitrogens with one attached hydrogen (secondary N) is 1. The molecular formula is C20H26N4O3S. The van der Waals surface area contributed by atoms with Crippen molar-refractivity contribution >= 4 is 16.1 Å². The van der Waals surface area contributed by atoms with Gasteiger partial charge in [0.25, 0.3) is 0 Å². The van der Waals surface area contributed by atoms with Gasteiger partial charge in [0.1, 0.15) is 0 Å². The van der Waals surface area contributed by atoms with Crippen molar-refractivity contribution in [1.29, 1.82) is 0 Å². The van der Waals surface area contributed by atoms with Gasteiger partial charge in [-0.3, -0.25) is 0 Å². The van der Waals surface area contributed by atoms with Crippen LogP contribution in [0, 0.1) is 0 Å². The van der Waals surface area contributed by atoms with Crippen LogP contribution in [0.4, 0.5) is 4.79 Å². The van der Waals surface area contributed by atoms with Crippen LogP contribution >= 0.6 is 0 Å². The maximum Gasteiger partial charge on any atom is 0.318 e. The SMILES string of the molecule is CC(NC(=O)N1CCN(C)CC1c1ccccc1)c1cccc(S(N)(=O)=O)c1. The molecule has 2 aromatic rings. The summed E-state index contributed by atoms with van der Waals surface area (Å²) in [5.41, 5.74) is 1.78. The summed E-state index contributed by atoms with van der Waals surface area (Å²) in [6.45, 7) is 4.00. The Morgan fingerprint density at radius 3 is 2.54 bits per heavy atom. The lowest BCUT2D eigenvalue weighted by Crippen LogP contribution is -2.52. The van der Waals surface area contributed by atoms with Crippen molar-refractivity contribution in [2.45, 2.75) is 23.9 Å². The van der Waals surface area contributed by atoms with Crippen LogP contribution in [0.25, 0.3) is 0 Å². The summed E-state index contributed by atoms with van der Waals surface area (Å²) < 4.78 is 23.2. The van der Waals surface area contributed by atoms with Crippen LogP contribution in [0.2, 0.25) is 0 Å². The Hall–Kier alpha value is -2.42. The van der Waals surface area contributed by atoms with E-state index in [4.69, 9.17) is 5.14 Å². The van der Waals surface area contributed by atoms with Gasteiger partial charge in [-0.1, -0.05) is 42.5 Å². The molecule has 0 radical (unpaired) electrons. The lowest BCUT2D eigenvalue weighted by atomic mass is 10.0. The molecule has 150 valence electrons. The van der Waals surface area contributed by atoms with E-state index >= 15 is 0 Å². The summed E-state index contributed by atoms with van der Waals surface area (Å²) in [6.07, 6.45) is 0. The molecule has 0 aliphatic carbocycles. The zero-order valence-electron chi connectivity index (χ0n) is 16.1. The van der Waals surface area contributed by atoms with E-state index in [1.54, 1.807) is 12.1 Å². The van der Waals surface area contributed by atoms with Crippen molar-refractivity contribution in [3.05, 3.63) is 65.7 Å².